The van der Waals surface area contributed by atoms with Crippen molar-refractivity contribution in [3.8, 4) is 45.7 Å². The van der Waals surface area contributed by atoms with E-state index in [1.165, 1.54) is 0 Å². The Morgan fingerprint density at radius 3 is 1.78 bits per heavy atom. The first kappa shape index (κ1) is 23.1. The normalized spacial score (nSPS) is 11.4. The molecule has 0 aliphatic heterocycles. The second-order valence-electron chi connectivity index (χ2n) is 9.68. The van der Waals surface area contributed by atoms with Gasteiger partial charge in [0.05, 0.1) is 5.39 Å². The highest BCUT2D eigenvalue weighted by Gasteiger charge is 2.16. The Bertz CT molecular complexity index is 2150. The van der Waals surface area contributed by atoms with E-state index >= 15 is 0 Å². The van der Waals surface area contributed by atoms with Crippen LogP contribution in [0.4, 0.5) is 0 Å². The Morgan fingerprint density at radius 2 is 1.07 bits per heavy atom. The lowest BCUT2D eigenvalue weighted by atomic mass is 10.1. The molecule has 0 saturated heterocycles. The third kappa shape index (κ3) is 4.17. The summed E-state index contributed by atoms with van der Waals surface area (Å²) in [7, 11) is 0. The number of aromatic nitrogens is 6. The summed E-state index contributed by atoms with van der Waals surface area (Å²) in [6.45, 7) is 0. The minimum Gasteiger partial charge on any atom is -0.438 e. The number of fused-ring (bicyclic) bond motifs is 4. The molecule has 0 amide bonds. The van der Waals surface area contributed by atoms with E-state index in [0.29, 0.717) is 40.3 Å². The Kier molecular flexibility index (Phi) is 5.31. The number of rotatable bonds is 4. The molecule has 0 bridgehead atoms. The predicted octanol–water partition coefficient (Wildman–Crippen LogP) is 7.78. The van der Waals surface area contributed by atoms with E-state index in [9.17, 15) is 0 Å². The van der Waals surface area contributed by atoms with E-state index in [1.54, 1.807) is 6.20 Å². The maximum Gasteiger partial charge on any atom is 0.230 e. The molecule has 8 aromatic rings. The highest BCUT2D eigenvalue weighted by Crippen LogP contribution is 2.32. The van der Waals surface area contributed by atoms with E-state index < -0.39 is 0 Å². The maximum absolute atomic E-state index is 6.24. The second-order valence-corrected chi connectivity index (χ2v) is 9.68. The van der Waals surface area contributed by atoms with Crippen molar-refractivity contribution >= 4 is 32.8 Å². The zero-order valence-corrected chi connectivity index (χ0v) is 21.6. The molecule has 0 fully saturated rings. The van der Waals surface area contributed by atoms with Crippen molar-refractivity contribution in [2.24, 2.45) is 0 Å². The summed E-state index contributed by atoms with van der Waals surface area (Å²) in [6, 6.07) is 35.9. The van der Waals surface area contributed by atoms with Crippen LogP contribution in [0.5, 0.6) is 0 Å². The van der Waals surface area contributed by atoms with Crippen molar-refractivity contribution in [1.29, 1.82) is 0 Å². The Labute approximate surface area is 234 Å². The molecule has 7 nitrogen and oxygen atoms in total. The zero-order chi connectivity index (χ0) is 27.2. The van der Waals surface area contributed by atoms with Crippen molar-refractivity contribution in [2.45, 2.75) is 0 Å². The summed E-state index contributed by atoms with van der Waals surface area (Å²) in [4.78, 5) is 28.4. The van der Waals surface area contributed by atoms with Gasteiger partial charge in [-0.05, 0) is 23.6 Å². The average molecular weight is 529 g/mol. The molecule has 0 radical (unpaired) electrons. The second kappa shape index (κ2) is 9.43. The third-order valence-electron chi connectivity index (χ3n) is 7.05. The summed E-state index contributed by atoms with van der Waals surface area (Å²) >= 11 is 0. The van der Waals surface area contributed by atoms with Crippen molar-refractivity contribution in [3.63, 3.8) is 0 Å². The van der Waals surface area contributed by atoms with Gasteiger partial charge < -0.3 is 4.42 Å². The smallest absolute Gasteiger partial charge is 0.230 e. The number of furan rings is 1. The number of nitrogens with zero attached hydrogens (tertiary/aromatic N) is 6. The standard InChI is InChI=1S/C34H20N6O/c1-3-9-21(10-4-1)30-37-31(22-11-5-2-6-12-22)39-32(38-30)24-15-16-26-27-20-36-33(40-34(27)41-29(26)18-24)28-17-23-13-7-8-14-25(23)19-35-28/h1-20H. The van der Waals surface area contributed by atoms with Crippen LogP contribution in [0.3, 0.4) is 0 Å². The van der Waals surface area contributed by atoms with E-state index in [2.05, 4.69) is 16.0 Å². The van der Waals surface area contributed by atoms with Gasteiger partial charge in [0.1, 0.15) is 11.3 Å². The van der Waals surface area contributed by atoms with Gasteiger partial charge in [0.15, 0.2) is 23.3 Å². The Balaban J connectivity index is 1.24. The minimum absolute atomic E-state index is 0.503. The van der Waals surface area contributed by atoms with Crippen LogP contribution in [0, 0.1) is 0 Å². The number of benzene rings is 4. The molecule has 0 aliphatic rings. The molecular weight excluding hydrogens is 508 g/mol. The fourth-order valence-electron chi connectivity index (χ4n) is 4.97. The molecule has 0 unspecified atom stereocenters. The van der Waals surface area contributed by atoms with Gasteiger partial charge in [-0.1, -0.05) is 91.0 Å². The largest absolute Gasteiger partial charge is 0.438 e. The van der Waals surface area contributed by atoms with Gasteiger partial charge in [-0.3, -0.25) is 4.98 Å². The average Bonchev–Trinajstić information content (AvgIpc) is 3.42. The topological polar surface area (TPSA) is 90.5 Å². The molecule has 7 heteroatoms. The van der Waals surface area contributed by atoms with Crippen LogP contribution in [-0.2, 0) is 0 Å². The molecule has 0 saturated carbocycles. The van der Waals surface area contributed by atoms with E-state index in [1.807, 2.05) is 109 Å². The molecule has 0 spiro atoms. The Morgan fingerprint density at radius 1 is 0.439 bits per heavy atom. The number of hydrogen-bond donors (Lipinski definition) is 0. The number of pyridine rings is 1. The predicted molar refractivity (Wildman–Crippen MR) is 160 cm³/mol. The third-order valence-corrected chi connectivity index (χ3v) is 7.05. The van der Waals surface area contributed by atoms with Gasteiger partial charge in [-0.25, -0.2) is 19.9 Å². The highest BCUT2D eigenvalue weighted by molar-refractivity contribution is 6.04. The van der Waals surface area contributed by atoms with Crippen molar-refractivity contribution in [1.82, 2.24) is 29.9 Å². The first-order chi connectivity index (χ1) is 20.3. The summed E-state index contributed by atoms with van der Waals surface area (Å²) in [6.07, 6.45) is 3.63. The Hall–Kier alpha value is -5.82. The van der Waals surface area contributed by atoms with Crippen LogP contribution in [-0.4, -0.2) is 29.9 Å². The highest BCUT2D eigenvalue weighted by atomic mass is 16.3. The van der Waals surface area contributed by atoms with Crippen molar-refractivity contribution in [2.75, 3.05) is 0 Å². The van der Waals surface area contributed by atoms with Gasteiger partial charge in [-0.2, -0.15) is 4.98 Å². The van der Waals surface area contributed by atoms with Crippen molar-refractivity contribution < 1.29 is 4.42 Å². The van der Waals surface area contributed by atoms with Crippen LogP contribution in [0.2, 0.25) is 0 Å². The van der Waals surface area contributed by atoms with Crippen LogP contribution < -0.4 is 0 Å². The quantitative estimate of drug-likeness (QED) is 0.230. The fourth-order valence-corrected chi connectivity index (χ4v) is 4.97. The lowest BCUT2D eigenvalue weighted by molar-refractivity contribution is 0.653. The van der Waals surface area contributed by atoms with Gasteiger partial charge in [-0.15, -0.1) is 0 Å². The van der Waals surface area contributed by atoms with Crippen LogP contribution >= 0.6 is 0 Å². The molecule has 4 heterocycles. The van der Waals surface area contributed by atoms with Gasteiger partial charge >= 0.3 is 0 Å². The van der Waals surface area contributed by atoms with Crippen LogP contribution in [0.15, 0.2) is 126 Å². The first-order valence-corrected chi connectivity index (χ1v) is 13.2. The number of hydrogen-bond acceptors (Lipinski definition) is 7. The van der Waals surface area contributed by atoms with Gasteiger partial charge in [0, 0.05) is 39.9 Å². The summed E-state index contributed by atoms with van der Waals surface area (Å²) in [5.74, 6) is 2.29. The molecule has 41 heavy (non-hydrogen) atoms. The summed E-state index contributed by atoms with van der Waals surface area (Å²) < 4.78 is 6.24. The van der Waals surface area contributed by atoms with Crippen LogP contribution in [0.25, 0.3) is 78.5 Å². The van der Waals surface area contributed by atoms with E-state index in [-0.39, 0.29) is 0 Å². The minimum atomic E-state index is 0.503. The molecule has 0 N–H and O–H groups in total. The molecule has 4 aromatic carbocycles. The summed E-state index contributed by atoms with van der Waals surface area (Å²) in [5.41, 5.74) is 4.53. The lowest BCUT2D eigenvalue weighted by Crippen LogP contribution is -2.00. The van der Waals surface area contributed by atoms with Gasteiger partial charge in [0.2, 0.25) is 5.71 Å². The molecule has 8 rings (SSSR count). The molecule has 0 atom stereocenters. The first-order valence-electron chi connectivity index (χ1n) is 13.2. The molecular formula is C34H20N6O. The van der Waals surface area contributed by atoms with Crippen molar-refractivity contribution in [3.05, 3.63) is 122 Å². The van der Waals surface area contributed by atoms with Crippen LogP contribution in [0.1, 0.15) is 0 Å². The molecule has 4 aromatic heterocycles. The zero-order valence-electron chi connectivity index (χ0n) is 21.6. The molecule has 0 aliphatic carbocycles. The fraction of sp³-hybridized carbons (Fsp3) is 0. The van der Waals surface area contributed by atoms with Gasteiger partial charge in [0.25, 0.3) is 0 Å². The lowest BCUT2D eigenvalue weighted by Gasteiger charge is -2.08. The monoisotopic (exact) mass is 528 g/mol. The van der Waals surface area contributed by atoms with E-state index in [0.717, 1.165) is 38.2 Å². The molecule has 192 valence electrons. The summed E-state index contributed by atoms with van der Waals surface area (Å²) in [5, 5.41) is 3.90. The maximum atomic E-state index is 6.24. The van der Waals surface area contributed by atoms with E-state index in [4.69, 9.17) is 24.4 Å². The SMILES string of the molecule is c1ccc(-c2nc(-c3ccccc3)nc(-c3ccc4c(c3)oc3nc(-c5cc6ccccc6cn5)ncc34)n2)cc1.